The van der Waals surface area contributed by atoms with Crippen molar-refractivity contribution in [2.24, 2.45) is 5.92 Å². The van der Waals surface area contributed by atoms with Gasteiger partial charge in [-0.05, 0) is 37.5 Å². The lowest BCUT2D eigenvalue weighted by atomic mass is 10.2. The molecule has 2 aromatic rings. The molecule has 2 fully saturated rings. The van der Waals surface area contributed by atoms with Crippen molar-refractivity contribution >= 4 is 32.6 Å². The second kappa shape index (κ2) is 6.69. The maximum absolute atomic E-state index is 11.6. The van der Waals surface area contributed by atoms with Gasteiger partial charge in [-0.1, -0.05) is 17.4 Å². The standard InChI is InChI=1S/C18H24N4OS/c1-13-2-5-15-16(12-13)24-18(20-15)22-10-8-21(9-11-22)7-6-19-17(23)14-3-4-14/h2,5,12,14H,3-4,6-11H2,1H3,(H,19,23). The highest BCUT2D eigenvalue weighted by molar-refractivity contribution is 7.22. The van der Waals surface area contributed by atoms with Crippen LogP contribution in [-0.2, 0) is 4.79 Å². The molecular weight excluding hydrogens is 320 g/mol. The smallest absolute Gasteiger partial charge is 0.223 e. The molecular formula is C18H24N4OS. The number of aryl methyl sites for hydroxylation is 1. The van der Waals surface area contributed by atoms with Crippen LogP contribution in [0.25, 0.3) is 10.2 Å². The number of anilines is 1. The van der Waals surface area contributed by atoms with Crippen LogP contribution in [0.2, 0.25) is 0 Å². The van der Waals surface area contributed by atoms with E-state index in [9.17, 15) is 4.79 Å². The quantitative estimate of drug-likeness (QED) is 0.904. The van der Waals surface area contributed by atoms with Crippen molar-refractivity contribution in [3.05, 3.63) is 23.8 Å². The van der Waals surface area contributed by atoms with E-state index in [1.165, 1.54) is 10.3 Å². The maximum Gasteiger partial charge on any atom is 0.223 e. The monoisotopic (exact) mass is 344 g/mol. The Kier molecular flexibility index (Phi) is 4.41. The molecule has 1 aliphatic carbocycles. The molecule has 2 heterocycles. The molecule has 0 atom stereocenters. The highest BCUT2D eigenvalue weighted by Crippen LogP contribution is 2.30. The van der Waals surface area contributed by atoms with Gasteiger partial charge in [-0.2, -0.15) is 0 Å². The number of hydrogen-bond acceptors (Lipinski definition) is 5. The average molecular weight is 344 g/mol. The third-order valence-electron chi connectivity index (χ3n) is 4.85. The minimum Gasteiger partial charge on any atom is -0.355 e. The predicted molar refractivity (Wildman–Crippen MR) is 98.7 cm³/mol. The van der Waals surface area contributed by atoms with Crippen molar-refractivity contribution < 1.29 is 4.79 Å². The number of hydrogen-bond donors (Lipinski definition) is 1. The third-order valence-corrected chi connectivity index (χ3v) is 5.93. The Labute approximate surface area is 146 Å². The number of amides is 1. The lowest BCUT2D eigenvalue weighted by molar-refractivity contribution is -0.122. The zero-order valence-electron chi connectivity index (χ0n) is 14.1. The summed E-state index contributed by atoms with van der Waals surface area (Å²) in [7, 11) is 0. The minimum absolute atomic E-state index is 0.249. The summed E-state index contributed by atoms with van der Waals surface area (Å²) < 4.78 is 1.27. The molecule has 1 saturated heterocycles. The maximum atomic E-state index is 11.6. The van der Waals surface area contributed by atoms with Crippen LogP contribution < -0.4 is 10.2 Å². The topological polar surface area (TPSA) is 48.5 Å². The number of nitrogens with zero attached hydrogens (tertiary/aromatic N) is 3. The lowest BCUT2D eigenvalue weighted by Crippen LogP contribution is -2.48. The van der Waals surface area contributed by atoms with Crippen LogP contribution in [-0.4, -0.2) is 55.1 Å². The van der Waals surface area contributed by atoms with Gasteiger partial charge in [0, 0.05) is 45.2 Å². The number of aromatic nitrogens is 1. The molecule has 1 N–H and O–H groups in total. The first kappa shape index (κ1) is 15.8. The fourth-order valence-electron chi connectivity index (χ4n) is 3.14. The molecule has 1 saturated carbocycles. The largest absolute Gasteiger partial charge is 0.355 e. The first-order valence-corrected chi connectivity index (χ1v) is 9.63. The van der Waals surface area contributed by atoms with Gasteiger partial charge >= 0.3 is 0 Å². The van der Waals surface area contributed by atoms with Crippen molar-refractivity contribution in [1.29, 1.82) is 0 Å². The summed E-state index contributed by atoms with van der Waals surface area (Å²) in [6.45, 7) is 7.94. The van der Waals surface area contributed by atoms with E-state index in [-0.39, 0.29) is 5.91 Å². The molecule has 1 aromatic heterocycles. The Morgan fingerprint density at radius 3 is 2.83 bits per heavy atom. The van der Waals surface area contributed by atoms with E-state index in [1.807, 2.05) is 0 Å². The summed E-state index contributed by atoms with van der Waals surface area (Å²) >= 11 is 1.79. The predicted octanol–water partition coefficient (Wildman–Crippen LogP) is 2.25. The van der Waals surface area contributed by atoms with Crippen LogP contribution in [0.5, 0.6) is 0 Å². The van der Waals surface area contributed by atoms with Gasteiger partial charge in [0.15, 0.2) is 5.13 Å². The van der Waals surface area contributed by atoms with Crippen LogP contribution in [0.15, 0.2) is 18.2 Å². The molecule has 1 amide bonds. The van der Waals surface area contributed by atoms with Gasteiger partial charge in [-0.25, -0.2) is 4.98 Å². The van der Waals surface area contributed by atoms with Gasteiger partial charge in [0.05, 0.1) is 10.2 Å². The van der Waals surface area contributed by atoms with Crippen molar-refractivity contribution in [1.82, 2.24) is 15.2 Å². The van der Waals surface area contributed by atoms with Crippen molar-refractivity contribution in [3.8, 4) is 0 Å². The average Bonchev–Trinajstić information content (AvgIpc) is 3.35. The molecule has 0 unspecified atom stereocenters. The first-order chi connectivity index (χ1) is 11.7. The van der Waals surface area contributed by atoms with E-state index >= 15 is 0 Å². The zero-order chi connectivity index (χ0) is 16.5. The number of benzene rings is 1. The van der Waals surface area contributed by atoms with Gasteiger partial charge < -0.3 is 10.2 Å². The molecule has 0 radical (unpaired) electrons. The number of carbonyl (C=O) groups is 1. The van der Waals surface area contributed by atoms with E-state index in [4.69, 9.17) is 4.98 Å². The summed E-state index contributed by atoms with van der Waals surface area (Å²) in [5.41, 5.74) is 2.39. The van der Waals surface area contributed by atoms with Crippen LogP contribution in [0.4, 0.5) is 5.13 Å². The minimum atomic E-state index is 0.249. The first-order valence-electron chi connectivity index (χ1n) is 8.81. The van der Waals surface area contributed by atoms with Gasteiger partial charge in [0.2, 0.25) is 5.91 Å². The molecule has 6 heteroatoms. The normalized spacial score (nSPS) is 19.0. The van der Waals surface area contributed by atoms with Crippen molar-refractivity contribution in [3.63, 3.8) is 0 Å². The van der Waals surface area contributed by atoms with Crippen LogP contribution >= 0.6 is 11.3 Å². The molecule has 1 aliphatic heterocycles. The van der Waals surface area contributed by atoms with Gasteiger partial charge in [0.25, 0.3) is 0 Å². The Balaban J connectivity index is 1.27. The Bertz CT molecular complexity index is 732. The van der Waals surface area contributed by atoms with Crippen LogP contribution in [0, 0.1) is 12.8 Å². The summed E-state index contributed by atoms with van der Waals surface area (Å²) in [5.74, 6) is 0.558. The molecule has 4 rings (SSSR count). The third kappa shape index (κ3) is 3.54. The molecule has 5 nitrogen and oxygen atoms in total. The molecule has 0 spiro atoms. The lowest BCUT2D eigenvalue weighted by Gasteiger charge is -2.34. The number of thiazole rings is 1. The number of carbonyl (C=O) groups excluding carboxylic acids is 1. The van der Waals surface area contributed by atoms with Gasteiger partial charge in [-0.3, -0.25) is 9.69 Å². The summed E-state index contributed by atoms with van der Waals surface area (Å²) in [5, 5.41) is 4.19. The van der Waals surface area contributed by atoms with Crippen LogP contribution in [0.1, 0.15) is 18.4 Å². The van der Waals surface area contributed by atoms with Gasteiger partial charge in [0.1, 0.15) is 0 Å². The van der Waals surface area contributed by atoms with E-state index < -0.39 is 0 Å². The fraction of sp³-hybridized carbons (Fsp3) is 0.556. The number of piperazine rings is 1. The molecule has 0 bridgehead atoms. The fourth-order valence-corrected chi connectivity index (χ4v) is 4.26. The summed E-state index contributed by atoms with van der Waals surface area (Å²) in [6.07, 6.45) is 2.15. The van der Waals surface area contributed by atoms with Gasteiger partial charge in [-0.15, -0.1) is 0 Å². The summed E-state index contributed by atoms with van der Waals surface area (Å²) in [6, 6.07) is 6.46. The number of fused-ring (bicyclic) bond motifs is 1. The zero-order valence-corrected chi connectivity index (χ0v) is 14.9. The molecule has 2 aliphatic rings. The molecule has 1 aromatic carbocycles. The second-order valence-corrected chi connectivity index (χ2v) is 7.87. The number of rotatable bonds is 5. The van der Waals surface area contributed by atoms with Crippen molar-refractivity contribution in [2.45, 2.75) is 19.8 Å². The Hall–Kier alpha value is -1.66. The Morgan fingerprint density at radius 2 is 2.08 bits per heavy atom. The van der Waals surface area contributed by atoms with E-state index in [2.05, 4.69) is 40.2 Å². The van der Waals surface area contributed by atoms with Crippen LogP contribution in [0.3, 0.4) is 0 Å². The van der Waals surface area contributed by atoms with E-state index in [0.717, 1.165) is 62.8 Å². The van der Waals surface area contributed by atoms with E-state index in [0.29, 0.717) is 5.92 Å². The molecule has 128 valence electrons. The van der Waals surface area contributed by atoms with Crippen molar-refractivity contribution in [2.75, 3.05) is 44.2 Å². The summed E-state index contributed by atoms with van der Waals surface area (Å²) in [4.78, 5) is 21.3. The highest BCUT2D eigenvalue weighted by Gasteiger charge is 2.29. The highest BCUT2D eigenvalue weighted by atomic mass is 32.1. The Morgan fingerprint density at radius 1 is 1.29 bits per heavy atom. The molecule has 24 heavy (non-hydrogen) atoms. The SMILES string of the molecule is Cc1ccc2nc(N3CCN(CCNC(=O)C4CC4)CC3)sc2c1. The van der Waals surface area contributed by atoms with E-state index in [1.54, 1.807) is 11.3 Å². The number of nitrogens with one attached hydrogen (secondary N) is 1. The second-order valence-electron chi connectivity index (χ2n) is 6.86.